The molecular weight excluding hydrogens is 226 g/mol. The number of benzene rings is 1. The van der Waals surface area contributed by atoms with Crippen molar-refractivity contribution < 1.29 is 9.53 Å². The Morgan fingerprint density at radius 2 is 1.78 bits per heavy atom. The largest absolute Gasteiger partial charge is 0.497 e. The molecule has 1 aliphatic rings. The summed E-state index contributed by atoms with van der Waals surface area (Å²) in [7, 11) is 1.65. The molecule has 0 bridgehead atoms. The monoisotopic (exact) mass is 247 g/mol. The summed E-state index contributed by atoms with van der Waals surface area (Å²) in [5, 5.41) is 0. The van der Waals surface area contributed by atoms with E-state index in [4.69, 9.17) is 4.74 Å². The number of hydrogen-bond acceptors (Lipinski definition) is 3. The SMILES string of the molecule is COc1cc(C)c(C(=O)CN2CCCC2)c(C)c1. The molecule has 2 rings (SSSR count). The molecule has 1 aliphatic heterocycles. The van der Waals surface area contributed by atoms with Crippen molar-refractivity contribution in [3.8, 4) is 5.75 Å². The van der Waals surface area contributed by atoms with Crippen molar-refractivity contribution in [3.63, 3.8) is 0 Å². The second-order valence-electron chi connectivity index (χ2n) is 5.04. The number of ketones is 1. The zero-order chi connectivity index (χ0) is 13.1. The molecule has 3 heteroatoms. The van der Waals surface area contributed by atoms with Gasteiger partial charge in [0.2, 0.25) is 0 Å². The average Bonchev–Trinajstić information content (AvgIpc) is 2.80. The number of Topliss-reactive ketones (excluding diaryl/α,β-unsaturated/α-hetero) is 1. The first-order chi connectivity index (χ1) is 8.61. The zero-order valence-corrected chi connectivity index (χ0v) is 11.5. The van der Waals surface area contributed by atoms with Crippen molar-refractivity contribution in [3.05, 3.63) is 28.8 Å². The minimum Gasteiger partial charge on any atom is -0.497 e. The lowest BCUT2D eigenvalue weighted by molar-refractivity contribution is 0.0944. The summed E-state index contributed by atoms with van der Waals surface area (Å²) >= 11 is 0. The standard InChI is InChI=1S/C15H21NO2/c1-11-8-13(18-3)9-12(2)15(11)14(17)10-16-6-4-5-7-16/h8-9H,4-7,10H2,1-3H3. The fourth-order valence-corrected chi connectivity index (χ4v) is 2.70. The zero-order valence-electron chi connectivity index (χ0n) is 11.5. The Bertz CT molecular complexity index is 425. The van der Waals surface area contributed by atoms with E-state index < -0.39 is 0 Å². The van der Waals surface area contributed by atoms with E-state index in [9.17, 15) is 4.79 Å². The van der Waals surface area contributed by atoms with Gasteiger partial charge in [-0.2, -0.15) is 0 Å². The highest BCUT2D eigenvalue weighted by Crippen LogP contribution is 2.22. The maximum Gasteiger partial charge on any atom is 0.177 e. The van der Waals surface area contributed by atoms with Crippen molar-refractivity contribution >= 4 is 5.78 Å². The molecule has 1 aromatic carbocycles. The number of carbonyl (C=O) groups excluding carboxylic acids is 1. The molecule has 1 fully saturated rings. The topological polar surface area (TPSA) is 29.5 Å². The molecule has 1 heterocycles. The third kappa shape index (κ3) is 2.72. The third-order valence-corrected chi connectivity index (χ3v) is 3.59. The molecule has 98 valence electrons. The highest BCUT2D eigenvalue weighted by atomic mass is 16.5. The summed E-state index contributed by atoms with van der Waals surface area (Å²) in [6, 6.07) is 3.87. The van der Waals surface area contributed by atoms with Crippen LogP contribution in [0.1, 0.15) is 34.3 Å². The number of aryl methyl sites for hydroxylation is 2. The maximum absolute atomic E-state index is 12.4. The number of ether oxygens (including phenoxy) is 1. The second kappa shape index (κ2) is 5.53. The normalized spacial score (nSPS) is 15.9. The molecule has 1 saturated heterocycles. The summed E-state index contributed by atoms with van der Waals surface area (Å²) in [4.78, 5) is 14.6. The summed E-state index contributed by atoms with van der Waals surface area (Å²) in [5.74, 6) is 1.05. The fourth-order valence-electron chi connectivity index (χ4n) is 2.70. The minimum absolute atomic E-state index is 0.231. The van der Waals surface area contributed by atoms with E-state index in [1.807, 2.05) is 26.0 Å². The van der Waals surface area contributed by atoms with Gasteiger partial charge in [-0.3, -0.25) is 9.69 Å². The van der Waals surface area contributed by atoms with Crippen LogP contribution in [0.15, 0.2) is 12.1 Å². The molecule has 0 saturated carbocycles. The quantitative estimate of drug-likeness (QED) is 0.766. The van der Waals surface area contributed by atoms with Crippen LogP contribution in [0, 0.1) is 13.8 Å². The Kier molecular flexibility index (Phi) is 4.02. The van der Waals surface area contributed by atoms with Crippen LogP contribution >= 0.6 is 0 Å². The van der Waals surface area contributed by atoms with Gasteiger partial charge in [-0.15, -0.1) is 0 Å². The van der Waals surface area contributed by atoms with E-state index in [2.05, 4.69) is 4.90 Å². The number of nitrogens with zero attached hydrogens (tertiary/aromatic N) is 1. The lowest BCUT2D eigenvalue weighted by Crippen LogP contribution is -2.27. The number of hydrogen-bond donors (Lipinski definition) is 0. The van der Waals surface area contributed by atoms with E-state index in [0.717, 1.165) is 35.5 Å². The first-order valence-corrected chi connectivity index (χ1v) is 6.52. The molecule has 0 radical (unpaired) electrons. The highest BCUT2D eigenvalue weighted by molar-refractivity contribution is 6.00. The number of rotatable bonds is 4. The van der Waals surface area contributed by atoms with Gasteiger partial charge in [0, 0.05) is 5.56 Å². The predicted molar refractivity (Wildman–Crippen MR) is 72.5 cm³/mol. The van der Waals surface area contributed by atoms with Crippen LogP contribution in [-0.4, -0.2) is 37.4 Å². The van der Waals surface area contributed by atoms with Crippen LogP contribution in [0.25, 0.3) is 0 Å². The van der Waals surface area contributed by atoms with E-state index in [1.165, 1.54) is 12.8 Å². The minimum atomic E-state index is 0.231. The van der Waals surface area contributed by atoms with Crippen LogP contribution < -0.4 is 4.74 Å². The van der Waals surface area contributed by atoms with Crippen LogP contribution in [-0.2, 0) is 0 Å². The number of methoxy groups -OCH3 is 1. The Morgan fingerprint density at radius 3 is 2.28 bits per heavy atom. The van der Waals surface area contributed by atoms with Crippen LogP contribution in [0.3, 0.4) is 0 Å². The lowest BCUT2D eigenvalue weighted by Gasteiger charge is -2.16. The smallest absolute Gasteiger partial charge is 0.177 e. The van der Waals surface area contributed by atoms with Gasteiger partial charge in [0.05, 0.1) is 13.7 Å². The number of carbonyl (C=O) groups is 1. The Balaban J connectivity index is 2.18. The maximum atomic E-state index is 12.4. The molecule has 3 nitrogen and oxygen atoms in total. The summed E-state index contributed by atoms with van der Waals surface area (Å²) in [6.45, 7) is 6.62. The Morgan fingerprint density at radius 1 is 1.22 bits per heavy atom. The summed E-state index contributed by atoms with van der Waals surface area (Å²) < 4.78 is 5.22. The van der Waals surface area contributed by atoms with Gasteiger partial charge in [0.1, 0.15) is 5.75 Å². The van der Waals surface area contributed by atoms with Crippen molar-refractivity contribution in [1.82, 2.24) is 4.90 Å². The summed E-state index contributed by atoms with van der Waals surface area (Å²) in [6.07, 6.45) is 2.43. The molecule has 0 N–H and O–H groups in total. The molecule has 1 aromatic rings. The van der Waals surface area contributed by atoms with Crippen LogP contribution in [0.4, 0.5) is 0 Å². The molecule has 18 heavy (non-hydrogen) atoms. The lowest BCUT2D eigenvalue weighted by atomic mass is 9.98. The van der Waals surface area contributed by atoms with Crippen molar-refractivity contribution in [2.45, 2.75) is 26.7 Å². The fraction of sp³-hybridized carbons (Fsp3) is 0.533. The molecule has 0 spiro atoms. The van der Waals surface area contributed by atoms with Crippen molar-refractivity contribution in [2.75, 3.05) is 26.7 Å². The molecule has 0 amide bonds. The van der Waals surface area contributed by atoms with Crippen LogP contribution in [0.5, 0.6) is 5.75 Å². The van der Waals surface area contributed by atoms with Gasteiger partial charge in [0.25, 0.3) is 0 Å². The first-order valence-electron chi connectivity index (χ1n) is 6.52. The molecular formula is C15H21NO2. The number of likely N-dealkylation sites (tertiary alicyclic amines) is 1. The van der Waals surface area contributed by atoms with E-state index in [-0.39, 0.29) is 5.78 Å². The molecule has 0 atom stereocenters. The van der Waals surface area contributed by atoms with E-state index in [1.54, 1.807) is 7.11 Å². The predicted octanol–water partition coefficient (Wildman–Crippen LogP) is 2.59. The van der Waals surface area contributed by atoms with E-state index in [0.29, 0.717) is 6.54 Å². The van der Waals surface area contributed by atoms with Crippen LogP contribution in [0.2, 0.25) is 0 Å². The first kappa shape index (κ1) is 13.1. The third-order valence-electron chi connectivity index (χ3n) is 3.59. The van der Waals surface area contributed by atoms with Crippen molar-refractivity contribution in [1.29, 1.82) is 0 Å². The van der Waals surface area contributed by atoms with Gasteiger partial charge in [-0.25, -0.2) is 0 Å². The molecule has 0 aliphatic carbocycles. The van der Waals surface area contributed by atoms with Crippen molar-refractivity contribution in [2.24, 2.45) is 0 Å². The van der Waals surface area contributed by atoms with Gasteiger partial charge in [-0.05, 0) is 63.0 Å². The molecule has 0 aromatic heterocycles. The molecule has 0 unspecified atom stereocenters. The highest BCUT2D eigenvalue weighted by Gasteiger charge is 2.19. The average molecular weight is 247 g/mol. The van der Waals surface area contributed by atoms with Gasteiger partial charge in [0.15, 0.2) is 5.78 Å². The summed E-state index contributed by atoms with van der Waals surface area (Å²) in [5.41, 5.74) is 2.88. The van der Waals surface area contributed by atoms with Gasteiger partial charge >= 0.3 is 0 Å². The second-order valence-corrected chi connectivity index (χ2v) is 5.04. The van der Waals surface area contributed by atoms with Gasteiger partial charge in [-0.1, -0.05) is 0 Å². The Labute approximate surface area is 109 Å². The van der Waals surface area contributed by atoms with E-state index >= 15 is 0 Å². The Hall–Kier alpha value is -1.35. The van der Waals surface area contributed by atoms with Gasteiger partial charge < -0.3 is 4.74 Å².